The van der Waals surface area contributed by atoms with Gasteiger partial charge in [-0.05, 0) is 18.1 Å². The van der Waals surface area contributed by atoms with E-state index < -0.39 is 0 Å². The molecule has 1 aliphatic rings. The van der Waals surface area contributed by atoms with E-state index in [0.717, 1.165) is 12.5 Å². The van der Waals surface area contributed by atoms with Gasteiger partial charge in [-0.1, -0.05) is 25.7 Å². The highest BCUT2D eigenvalue weighted by Crippen LogP contribution is 2.27. The highest BCUT2D eigenvalue weighted by Gasteiger charge is 2.16. The summed E-state index contributed by atoms with van der Waals surface area (Å²) in [5.74, 6) is 1.77. The van der Waals surface area contributed by atoms with Crippen molar-refractivity contribution >= 4 is 18.5 Å². The Hall–Kier alpha value is -0.180. The van der Waals surface area contributed by atoms with Gasteiger partial charge in [-0.15, -0.1) is 0 Å². The number of thiol groups is 1. The van der Waals surface area contributed by atoms with E-state index >= 15 is 0 Å². The Kier molecular flexibility index (Phi) is 5.38. The van der Waals surface area contributed by atoms with E-state index in [2.05, 4.69) is 12.6 Å². The first-order valence-electron chi connectivity index (χ1n) is 5.59. The average molecular weight is 215 g/mol. The fraction of sp³-hybridized carbons (Fsp3) is 0.909. The Balaban J connectivity index is 2.13. The highest BCUT2D eigenvalue weighted by atomic mass is 32.1. The second kappa shape index (κ2) is 6.33. The molecule has 0 aromatic rings. The third kappa shape index (κ3) is 3.91. The number of amides is 1. The van der Waals surface area contributed by atoms with Crippen molar-refractivity contribution in [1.29, 1.82) is 0 Å². The zero-order valence-corrected chi connectivity index (χ0v) is 9.93. The lowest BCUT2D eigenvalue weighted by Crippen LogP contribution is -2.28. The van der Waals surface area contributed by atoms with Crippen molar-refractivity contribution in [2.24, 2.45) is 5.92 Å². The maximum absolute atomic E-state index is 11.4. The van der Waals surface area contributed by atoms with Gasteiger partial charge in [0.25, 0.3) is 0 Å². The summed E-state index contributed by atoms with van der Waals surface area (Å²) in [4.78, 5) is 13.3. The molecule has 0 unspecified atom stereocenters. The maximum Gasteiger partial charge on any atom is 0.223 e. The smallest absolute Gasteiger partial charge is 0.223 e. The number of carbonyl (C=O) groups excluding carboxylic acids is 1. The standard InChI is InChI=1S/C11H21NOS/c1-12(11(13)7-9-14)8-6-10-4-2-3-5-10/h10,14H,2-9H2,1H3. The SMILES string of the molecule is CN(CCC1CCCC1)C(=O)CCS. The van der Waals surface area contributed by atoms with Crippen LogP contribution in [-0.2, 0) is 4.79 Å². The fourth-order valence-corrected chi connectivity index (χ4v) is 2.28. The zero-order chi connectivity index (χ0) is 10.4. The van der Waals surface area contributed by atoms with Crippen LogP contribution in [-0.4, -0.2) is 30.2 Å². The summed E-state index contributed by atoms with van der Waals surface area (Å²) < 4.78 is 0. The van der Waals surface area contributed by atoms with Gasteiger partial charge in [0.05, 0.1) is 0 Å². The molecule has 0 aromatic heterocycles. The van der Waals surface area contributed by atoms with E-state index in [4.69, 9.17) is 0 Å². The Morgan fingerprint density at radius 3 is 2.64 bits per heavy atom. The molecule has 1 rings (SSSR count). The molecule has 1 amide bonds. The van der Waals surface area contributed by atoms with Crippen LogP contribution in [0.3, 0.4) is 0 Å². The first-order valence-corrected chi connectivity index (χ1v) is 6.22. The van der Waals surface area contributed by atoms with Crippen LogP contribution in [0.4, 0.5) is 0 Å². The molecule has 0 atom stereocenters. The number of nitrogens with zero attached hydrogens (tertiary/aromatic N) is 1. The lowest BCUT2D eigenvalue weighted by atomic mass is 10.0. The molecule has 0 radical (unpaired) electrons. The largest absolute Gasteiger partial charge is 0.346 e. The minimum atomic E-state index is 0.234. The Morgan fingerprint density at radius 1 is 1.43 bits per heavy atom. The summed E-state index contributed by atoms with van der Waals surface area (Å²) in [5.41, 5.74) is 0. The second-order valence-electron chi connectivity index (χ2n) is 4.23. The molecule has 0 bridgehead atoms. The molecule has 1 aliphatic carbocycles. The molecule has 1 fully saturated rings. The molecule has 3 heteroatoms. The first kappa shape index (κ1) is 11.9. The fourth-order valence-electron chi connectivity index (χ4n) is 2.09. The lowest BCUT2D eigenvalue weighted by molar-refractivity contribution is -0.129. The number of hydrogen-bond donors (Lipinski definition) is 1. The predicted molar refractivity (Wildman–Crippen MR) is 62.7 cm³/mol. The third-order valence-electron chi connectivity index (χ3n) is 3.10. The van der Waals surface area contributed by atoms with Crippen molar-refractivity contribution in [3.8, 4) is 0 Å². The molecule has 0 heterocycles. The van der Waals surface area contributed by atoms with E-state index in [1.54, 1.807) is 0 Å². The van der Waals surface area contributed by atoms with Gasteiger partial charge in [0, 0.05) is 20.0 Å². The van der Waals surface area contributed by atoms with Gasteiger partial charge in [0.2, 0.25) is 5.91 Å². The number of carbonyl (C=O) groups is 1. The van der Waals surface area contributed by atoms with Gasteiger partial charge in [0.15, 0.2) is 0 Å². The zero-order valence-electron chi connectivity index (χ0n) is 9.04. The summed E-state index contributed by atoms with van der Waals surface area (Å²) in [6.45, 7) is 0.928. The topological polar surface area (TPSA) is 20.3 Å². The third-order valence-corrected chi connectivity index (χ3v) is 3.32. The molecule has 0 N–H and O–H groups in total. The lowest BCUT2D eigenvalue weighted by Gasteiger charge is -2.18. The van der Waals surface area contributed by atoms with Crippen LogP contribution >= 0.6 is 12.6 Å². The monoisotopic (exact) mass is 215 g/mol. The summed E-state index contributed by atoms with van der Waals surface area (Å²) in [6.07, 6.45) is 7.28. The highest BCUT2D eigenvalue weighted by molar-refractivity contribution is 7.80. The van der Waals surface area contributed by atoms with Crippen LogP contribution in [0.5, 0.6) is 0 Å². The van der Waals surface area contributed by atoms with Crippen LogP contribution in [0.25, 0.3) is 0 Å². The molecule has 0 aromatic carbocycles. The normalized spacial score (nSPS) is 17.3. The number of hydrogen-bond acceptors (Lipinski definition) is 2. The van der Waals surface area contributed by atoms with Crippen molar-refractivity contribution in [3.05, 3.63) is 0 Å². The van der Waals surface area contributed by atoms with Crippen molar-refractivity contribution in [1.82, 2.24) is 4.90 Å². The van der Waals surface area contributed by atoms with E-state index in [1.807, 2.05) is 11.9 Å². The van der Waals surface area contributed by atoms with E-state index in [0.29, 0.717) is 12.2 Å². The summed E-state index contributed by atoms with van der Waals surface area (Å²) >= 11 is 4.06. The molecule has 0 spiro atoms. The van der Waals surface area contributed by atoms with Crippen molar-refractivity contribution in [3.63, 3.8) is 0 Å². The van der Waals surface area contributed by atoms with Gasteiger partial charge < -0.3 is 4.90 Å². The van der Waals surface area contributed by atoms with E-state index in [-0.39, 0.29) is 5.91 Å². The molecule has 14 heavy (non-hydrogen) atoms. The summed E-state index contributed by atoms with van der Waals surface area (Å²) in [5, 5.41) is 0. The van der Waals surface area contributed by atoms with Gasteiger partial charge in [0.1, 0.15) is 0 Å². The molecular weight excluding hydrogens is 194 g/mol. The van der Waals surface area contributed by atoms with Crippen LogP contribution in [0.15, 0.2) is 0 Å². The molecular formula is C11H21NOS. The molecule has 2 nitrogen and oxygen atoms in total. The maximum atomic E-state index is 11.4. The molecule has 0 aliphatic heterocycles. The van der Waals surface area contributed by atoms with Gasteiger partial charge in [-0.25, -0.2) is 0 Å². The van der Waals surface area contributed by atoms with Crippen molar-refractivity contribution in [2.45, 2.75) is 38.5 Å². The predicted octanol–water partition coefficient (Wildman–Crippen LogP) is 2.35. The van der Waals surface area contributed by atoms with Crippen LogP contribution in [0, 0.1) is 5.92 Å². The summed E-state index contributed by atoms with van der Waals surface area (Å²) in [7, 11) is 1.90. The quantitative estimate of drug-likeness (QED) is 0.698. The van der Waals surface area contributed by atoms with Crippen molar-refractivity contribution in [2.75, 3.05) is 19.3 Å². The van der Waals surface area contributed by atoms with Crippen LogP contribution in [0.2, 0.25) is 0 Å². The Labute approximate surface area is 92.5 Å². The summed E-state index contributed by atoms with van der Waals surface area (Å²) in [6, 6.07) is 0. The minimum Gasteiger partial charge on any atom is -0.346 e. The minimum absolute atomic E-state index is 0.234. The molecule has 1 saturated carbocycles. The van der Waals surface area contributed by atoms with E-state index in [9.17, 15) is 4.79 Å². The molecule has 82 valence electrons. The van der Waals surface area contributed by atoms with Crippen LogP contribution < -0.4 is 0 Å². The average Bonchev–Trinajstić information content (AvgIpc) is 2.67. The van der Waals surface area contributed by atoms with E-state index in [1.165, 1.54) is 32.1 Å². The second-order valence-corrected chi connectivity index (χ2v) is 4.68. The number of rotatable bonds is 5. The van der Waals surface area contributed by atoms with Crippen LogP contribution in [0.1, 0.15) is 38.5 Å². The van der Waals surface area contributed by atoms with Gasteiger partial charge in [-0.3, -0.25) is 4.79 Å². The molecule has 0 saturated heterocycles. The Morgan fingerprint density at radius 2 is 2.07 bits per heavy atom. The van der Waals surface area contributed by atoms with Gasteiger partial charge in [-0.2, -0.15) is 12.6 Å². The first-order chi connectivity index (χ1) is 6.74. The van der Waals surface area contributed by atoms with Gasteiger partial charge >= 0.3 is 0 Å². The Bertz CT molecular complexity index is 178. The van der Waals surface area contributed by atoms with Crippen molar-refractivity contribution < 1.29 is 4.79 Å².